The first-order valence-corrected chi connectivity index (χ1v) is 10.7. The molecule has 0 unspecified atom stereocenters. The Morgan fingerprint density at radius 3 is 2.43 bits per heavy atom. The van der Waals surface area contributed by atoms with Crippen molar-refractivity contribution in [2.24, 2.45) is 0 Å². The molecule has 0 bridgehead atoms. The van der Waals surface area contributed by atoms with Gasteiger partial charge in [0.1, 0.15) is 11.8 Å². The predicted molar refractivity (Wildman–Crippen MR) is 121 cm³/mol. The second-order valence-corrected chi connectivity index (χ2v) is 7.76. The molecule has 0 aromatic heterocycles. The molecule has 2 aromatic carbocycles. The van der Waals surface area contributed by atoms with Crippen LogP contribution in [0.2, 0.25) is 0 Å². The van der Waals surface area contributed by atoms with Gasteiger partial charge in [-0.05, 0) is 62.4 Å². The molecule has 0 aliphatic heterocycles. The molecule has 2 aromatic rings. The van der Waals surface area contributed by atoms with E-state index in [9.17, 15) is 9.59 Å². The maximum absolute atomic E-state index is 13.1. The van der Waals surface area contributed by atoms with E-state index in [0.717, 1.165) is 35.1 Å². The number of aryl methyl sites for hydroxylation is 2. The summed E-state index contributed by atoms with van der Waals surface area (Å²) in [4.78, 5) is 27.4. The van der Waals surface area contributed by atoms with Crippen molar-refractivity contribution in [3.63, 3.8) is 0 Å². The van der Waals surface area contributed by atoms with Crippen LogP contribution in [0.5, 0.6) is 5.75 Å². The van der Waals surface area contributed by atoms with Gasteiger partial charge < -0.3 is 15.0 Å². The van der Waals surface area contributed by atoms with E-state index in [-0.39, 0.29) is 18.4 Å². The first-order valence-electron chi connectivity index (χ1n) is 10.7. The van der Waals surface area contributed by atoms with Crippen LogP contribution in [0.1, 0.15) is 48.9 Å². The highest BCUT2D eigenvalue weighted by atomic mass is 16.5. The molecule has 1 atom stereocenters. The van der Waals surface area contributed by atoms with Gasteiger partial charge in [-0.25, -0.2) is 0 Å². The molecule has 0 aliphatic rings. The fourth-order valence-corrected chi connectivity index (χ4v) is 3.19. The number of rotatable bonds is 10. The molecular formula is C25H34N2O3. The molecule has 5 nitrogen and oxygen atoms in total. The Labute approximate surface area is 180 Å². The summed E-state index contributed by atoms with van der Waals surface area (Å²) < 4.78 is 5.83. The van der Waals surface area contributed by atoms with Crippen molar-refractivity contribution in [3.05, 3.63) is 64.7 Å². The number of hydrogen-bond acceptors (Lipinski definition) is 3. The summed E-state index contributed by atoms with van der Waals surface area (Å²) in [6, 6.07) is 13.1. The molecular weight excluding hydrogens is 376 g/mol. The molecule has 0 saturated carbocycles. The normalized spacial score (nSPS) is 11.6. The Kier molecular flexibility index (Phi) is 8.90. The molecule has 2 amide bonds. The third-order valence-electron chi connectivity index (χ3n) is 5.50. The van der Waals surface area contributed by atoms with Crippen molar-refractivity contribution in [2.45, 2.75) is 60.0 Å². The summed E-state index contributed by atoms with van der Waals surface area (Å²) in [5.41, 5.74) is 4.23. The van der Waals surface area contributed by atoms with E-state index in [0.29, 0.717) is 18.8 Å². The van der Waals surface area contributed by atoms with Gasteiger partial charge in [-0.1, -0.05) is 49.7 Å². The highest BCUT2D eigenvalue weighted by Crippen LogP contribution is 2.21. The third-order valence-corrected chi connectivity index (χ3v) is 5.50. The van der Waals surface area contributed by atoms with Gasteiger partial charge in [0.15, 0.2) is 6.61 Å². The van der Waals surface area contributed by atoms with Gasteiger partial charge in [0.25, 0.3) is 5.91 Å². The van der Waals surface area contributed by atoms with Gasteiger partial charge in [0.05, 0.1) is 0 Å². The molecule has 30 heavy (non-hydrogen) atoms. The number of amides is 2. The maximum Gasteiger partial charge on any atom is 0.261 e. The quantitative estimate of drug-likeness (QED) is 0.593. The van der Waals surface area contributed by atoms with Crippen LogP contribution >= 0.6 is 0 Å². The lowest BCUT2D eigenvalue weighted by molar-refractivity contribution is -0.142. The number of carbonyl (C=O) groups is 2. The number of hydrogen-bond donors (Lipinski definition) is 1. The van der Waals surface area contributed by atoms with Crippen LogP contribution in [0.4, 0.5) is 0 Å². The van der Waals surface area contributed by atoms with Crippen LogP contribution in [0.15, 0.2) is 42.5 Å². The molecule has 1 N–H and O–H groups in total. The monoisotopic (exact) mass is 410 g/mol. The lowest BCUT2D eigenvalue weighted by Crippen LogP contribution is -2.49. The topological polar surface area (TPSA) is 58.6 Å². The molecule has 0 spiro atoms. The molecule has 0 heterocycles. The van der Waals surface area contributed by atoms with Crippen LogP contribution in [0.25, 0.3) is 0 Å². The summed E-state index contributed by atoms with van der Waals surface area (Å²) in [5.74, 6) is 0.341. The fraction of sp³-hybridized carbons (Fsp3) is 0.440. The Bertz CT molecular complexity index is 863. The van der Waals surface area contributed by atoms with Crippen LogP contribution in [-0.2, 0) is 16.1 Å². The second-order valence-electron chi connectivity index (χ2n) is 7.76. The Morgan fingerprint density at radius 2 is 1.73 bits per heavy atom. The summed E-state index contributed by atoms with van der Waals surface area (Å²) >= 11 is 0. The molecule has 2 rings (SSSR count). The first kappa shape index (κ1) is 23.5. The van der Waals surface area contributed by atoms with Crippen molar-refractivity contribution in [1.29, 1.82) is 0 Å². The Morgan fingerprint density at radius 1 is 1.03 bits per heavy atom. The van der Waals surface area contributed by atoms with Gasteiger partial charge in [-0.2, -0.15) is 0 Å². The number of ether oxygens (including phenoxy) is 1. The number of nitrogens with one attached hydrogen (secondary N) is 1. The zero-order chi connectivity index (χ0) is 22.1. The van der Waals surface area contributed by atoms with Gasteiger partial charge in [0.2, 0.25) is 5.91 Å². The molecule has 0 aliphatic carbocycles. The van der Waals surface area contributed by atoms with Crippen molar-refractivity contribution >= 4 is 11.8 Å². The number of nitrogens with zero attached hydrogens (tertiary/aromatic N) is 1. The number of carbonyl (C=O) groups excluding carboxylic acids is 2. The van der Waals surface area contributed by atoms with E-state index in [4.69, 9.17) is 4.74 Å². The SMILES string of the molecule is CCCCNC(=O)[C@@H](C)N(Cc1ccccc1C)C(=O)COc1cccc(C)c1C. The lowest BCUT2D eigenvalue weighted by atomic mass is 10.1. The van der Waals surface area contributed by atoms with Gasteiger partial charge >= 0.3 is 0 Å². The van der Waals surface area contributed by atoms with Crippen molar-refractivity contribution in [1.82, 2.24) is 10.2 Å². The molecule has 162 valence electrons. The first-order chi connectivity index (χ1) is 14.3. The minimum Gasteiger partial charge on any atom is -0.483 e. The third kappa shape index (κ3) is 6.34. The summed E-state index contributed by atoms with van der Waals surface area (Å²) in [6.45, 7) is 10.7. The number of unbranched alkanes of at least 4 members (excludes halogenated alkanes) is 1. The van der Waals surface area contributed by atoms with E-state index in [1.54, 1.807) is 11.8 Å². The summed E-state index contributed by atoms with van der Waals surface area (Å²) in [7, 11) is 0. The highest BCUT2D eigenvalue weighted by Gasteiger charge is 2.26. The molecule has 0 radical (unpaired) electrons. The molecule has 5 heteroatoms. The zero-order valence-electron chi connectivity index (χ0n) is 18.8. The summed E-state index contributed by atoms with van der Waals surface area (Å²) in [5, 5.41) is 2.94. The number of benzene rings is 2. The van der Waals surface area contributed by atoms with Crippen molar-refractivity contribution < 1.29 is 14.3 Å². The standard InChI is InChI=1S/C25H34N2O3/c1-6-7-15-26-25(29)21(5)27(16-22-13-9-8-11-19(22)3)24(28)17-30-23-14-10-12-18(2)20(23)4/h8-14,21H,6-7,15-17H2,1-5H3,(H,26,29)/t21-/m1/s1. The molecule has 0 fully saturated rings. The minimum absolute atomic E-state index is 0.108. The van der Waals surface area contributed by atoms with E-state index in [1.165, 1.54) is 0 Å². The van der Waals surface area contributed by atoms with Crippen LogP contribution in [0.3, 0.4) is 0 Å². The van der Waals surface area contributed by atoms with E-state index < -0.39 is 6.04 Å². The maximum atomic E-state index is 13.1. The van der Waals surface area contributed by atoms with Crippen LogP contribution < -0.4 is 10.1 Å². The van der Waals surface area contributed by atoms with Crippen molar-refractivity contribution in [3.8, 4) is 5.75 Å². The molecule has 0 saturated heterocycles. The predicted octanol–water partition coefficient (Wildman–Crippen LogP) is 4.32. The largest absolute Gasteiger partial charge is 0.483 e. The van der Waals surface area contributed by atoms with E-state index in [1.807, 2.05) is 63.2 Å². The van der Waals surface area contributed by atoms with E-state index >= 15 is 0 Å². The lowest BCUT2D eigenvalue weighted by Gasteiger charge is -2.29. The summed E-state index contributed by atoms with van der Waals surface area (Å²) in [6.07, 6.45) is 1.92. The van der Waals surface area contributed by atoms with E-state index in [2.05, 4.69) is 12.2 Å². The Hall–Kier alpha value is -2.82. The highest BCUT2D eigenvalue weighted by molar-refractivity contribution is 5.88. The fourth-order valence-electron chi connectivity index (χ4n) is 3.19. The van der Waals surface area contributed by atoms with Crippen LogP contribution in [0, 0.1) is 20.8 Å². The van der Waals surface area contributed by atoms with Gasteiger partial charge in [-0.15, -0.1) is 0 Å². The van der Waals surface area contributed by atoms with Gasteiger partial charge in [-0.3, -0.25) is 9.59 Å². The van der Waals surface area contributed by atoms with Crippen LogP contribution in [-0.4, -0.2) is 35.9 Å². The Balaban J connectivity index is 2.16. The van der Waals surface area contributed by atoms with Gasteiger partial charge in [0, 0.05) is 13.1 Å². The second kappa shape index (κ2) is 11.4. The smallest absolute Gasteiger partial charge is 0.261 e. The average molecular weight is 411 g/mol. The zero-order valence-corrected chi connectivity index (χ0v) is 18.8. The average Bonchev–Trinajstić information content (AvgIpc) is 2.73. The van der Waals surface area contributed by atoms with Crippen molar-refractivity contribution in [2.75, 3.05) is 13.2 Å². The minimum atomic E-state index is -0.587.